The summed E-state index contributed by atoms with van der Waals surface area (Å²) in [7, 11) is 0. The topological polar surface area (TPSA) is 78.8 Å². The van der Waals surface area contributed by atoms with Crippen LogP contribution in [0.25, 0.3) is 16.8 Å². The fourth-order valence-electron chi connectivity index (χ4n) is 3.49. The van der Waals surface area contributed by atoms with Gasteiger partial charge in [-0.2, -0.15) is 14.7 Å². The molecule has 0 spiro atoms. The third-order valence-electron chi connectivity index (χ3n) is 4.83. The molecule has 0 aliphatic rings. The summed E-state index contributed by atoms with van der Waals surface area (Å²) < 4.78 is 1.45. The predicted molar refractivity (Wildman–Crippen MR) is 101 cm³/mol. The van der Waals surface area contributed by atoms with Gasteiger partial charge in [-0.15, -0.1) is 0 Å². The normalized spacial score (nSPS) is 11.3. The lowest BCUT2D eigenvalue weighted by atomic mass is 10.1. The summed E-state index contributed by atoms with van der Waals surface area (Å²) in [5.74, 6) is 0. The number of aromatic nitrogens is 5. The molecule has 0 aliphatic heterocycles. The Morgan fingerprint density at radius 1 is 1.04 bits per heavy atom. The van der Waals surface area contributed by atoms with Crippen LogP contribution in [0.4, 0.5) is 0 Å². The van der Waals surface area contributed by atoms with E-state index in [1.165, 1.54) is 10.1 Å². The Morgan fingerprint density at radius 2 is 1.81 bits per heavy atom. The number of hydrogen-bond acceptors (Lipinski definition) is 3. The highest BCUT2D eigenvalue weighted by Crippen LogP contribution is 2.26. The van der Waals surface area contributed by atoms with E-state index in [0.717, 1.165) is 52.4 Å². The van der Waals surface area contributed by atoms with Gasteiger partial charge in [0.15, 0.2) is 0 Å². The second-order valence-electron chi connectivity index (χ2n) is 6.63. The molecule has 0 atom stereocenters. The zero-order valence-electron chi connectivity index (χ0n) is 15.1. The van der Waals surface area contributed by atoms with Gasteiger partial charge in [0.05, 0.1) is 11.4 Å². The number of H-pyrrole nitrogens is 2. The molecule has 0 aliphatic carbocycles. The Morgan fingerprint density at radius 3 is 2.50 bits per heavy atom. The van der Waals surface area contributed by atoms with Crippen molar-refractivity contribution in [3.63, 3.8) is 0 Å². The highest BCUT2D eigenvalue weighted by Gasteiger charge is 2.15. The summed E-state index contributed by atoms with van der Waals surface area (Å²) in [6.45, 7) is 5.95. The zero-order chi connectivity index (χ0) is 18.3. The molecular weight excluding hydrogens is 326 g/mol. The molecule has 0 bridgehead atoms. The van der Waals surface area contributed by atoms with Crippen molar-refractivity contribution in [3.8, 4) is 11.1 Å². The molecule has 2 N–H and O–H groups in total. The summed E-state index contributed by atoms with van der Waals surface area (Å²) in [5, 5.41) is 11.7. The highest BCUT2D eigenvalue weighted by molar-refractivity contribution is 5.79. The van der Waals surface area contributed by atoms with Gasteiger partial charge < -0.3 is 4.98 Å². The van der Waals surface area contributed by atoms with Gasteiger partial charge in [-0.3, -0.25) is 9.89 Å². The third-order valence-corrected chi connectivity index (χ3v) is 4.83. The van der Waals surface area contributed by atoms with Gasteiger partial charge in [0, 0.05) is 23.0 Å². The average Bonchev–Trinajstić information content (AvgIpc) is 3.13. The van der Waals surface area contributed by atoms with Crippen molar-refractivity contribution < 1.29 is 0 Å². The molecular formula is C20H21N5O. The Labute approximate surface area is 150 Å². The average molecular weight is 347 g/mol. The van der Waals surface area contributed by atoms with Gasteiger partial charge in [0.1, 0.15) is 5.65 Å². The molecule has 26 heavy (non-hydrogen) atoms. The van der Waals surface area contributed by atoms with Gasteiger partial charge in [-0.05, 0) is 44.7 Å². The Balaban J connectivity index is 1.77. The molecule has 132 valence electrons. The van der Waals surface area contributed by atoms with E-state index in [0.29, 0.717) is 0 Å². The smallest absolute Gasteiger partial charge is 0.274 e. The summed E-state index contributed by atoms with van der Waals surface area (Å²) in [4.78, 5) is 16.0. The number of rotatable bonds is 4. The van der Waals surface area contributed by atoms with Crippen LogP contribution in [-0.4, -0.2) is 24.8 Å². The molecule has 1 aromatic carbocycles. The molecule has 6 nitrogen and oxygen atoms in total. The van der Waals surface area contributed by atoms with Crippen LogP contribution >= 0.6 is 0 Å². The number of aryl methyl sites for hydroxylation is 4. The molecule has 6 heteroatoms. The maximum atomic E-state index is 12.6. The number of fused-ring (bicyclic) bond motifs is 1. The van der Waals surface area contributed by atoms with Crippen LogP contribution in [0, 0.1) is 20.8 Å². The van der Waals surface area contributed by atoms with Crippen molar-refractivity contribution in [1.82, 2.24) is 24.8 Å². The third kappa shape index (κ3) is 2.73. The fraction of sp³-hybridized carbons (Fsp3) is 0.250. The lowest BCUT2D eigenvalue weighted by molar-refractivity contribution is 0.840. The molecule has 0 saturated heterocycles. The van der Waals surface area contributed by atoms with Crippen LogP contribution in [0.15, 0.2) is 41.2 Å². The number of nitrogens with one attached hydrogen (secondary N) is 2. The minimum absolute atomic E-state index is 0.111. The van der Waals surface area contributed by atoms with Gasteiger partial charge >= 0.3 is 0 Å². The van der Waals surface area contributed by atoms with E-state index in [2.05, 4.69) is 20.3 Å². The van der Waals surface area contributed by atoms with E-state index in [1.807, 2.05) is 51.1 Å². The quantitative estimate of drug-likeness (QED) is 0.595. The van der Waals surface area contributed by atoms with Crippen LogP contribution in [0.3, 0.4) is 0 Å². The van der Waals surface area contributed by atoms with Gasteiger partial charge in [-0.25, -0.2) is 0 Å². The maximum Gasteiger partial charge on any atom is 0.274 e. The minimum Gasteiger partial charge on any atom is -0.343 e. The summed E-state index contributed by atoms with van der Waals surface area (Å²) in [6, 6.07) is 11.7. The zero-order valence-corrected chi connectivity index (χ0v) is 15.1. The van der Waals surface area contributed by atoms with Gasteiger partial charge in [0.25, 0.3) is 5.56 Å². The molecule has 4 aromatic rings. The van der Waals surface area contributed by atoms with E-state index in [-0.39, 0.29) is 5.56 Å². The number of aromatic amines is 2. The largest absolute Gasteiger partial charge is 0.343 e. The van der Waals surface area contributed by atoms with Crippen molar-refractivity contribution in [2.75, 3.05) is 0 Å². The van der Waals surface area contributed by atoms with Crippen molar-refractivity contribution in [2.45, 2.75) is 33.6 Å². The molecule has 4 rings (SSSR count). The van der Waals surface area contributed by atoms with Crippen molar-refractivity contribution >= 4 is 5.65 Å². The predicted octanol–water partition coefficient (Wildman–Crippen LogP) is 3.12. The fourth-order valence-corrected chi connectivity index (χ4v) is 3.49. The standard InChI is InChI=1S/C20H21N5O/c1-12-17(13(2)23-22-12)10-9-16-11-18(26)25-20(21-16)19(14(3)24-25)15-7-5-4-6-8-15/h4-8,11,21H,9-10H2,1-3H3,(H,22,23). The van der Waals surface area contributed by atoms with Crippen molar-refractivity contribution in [2.24, 2.45) is 0 Å². The lowest BCUT2D eigenvalue weighted by Crippen LogP contribution is -2.16. The lowest BCUT2D eigenvalue weighted by Gasteiger charge is -2.05. The molecule has 3 aromatic heterocycles. The Bertz CT molecular complexity index is 1110. The second kappa shape index (κ2) is 6.29. The first-order chi connectivity index (χ1) is 12.5. The first-order valence-electron chi connectivity index (χ1n) is 8.72. The molecule has 0 amide bonds. The van der Waals surface area contributed by atoms with Crippen LogP contribution < -0.4 is 5.56 Å². The van der Waals surface area contributed by atoms with Crippen molar-refractivity contribution in [3.05, 3.63) is 75.1 Å². The first-order valence-corrected chi connectivity index (χ1v) is 8.72. The van der Waals surface area contributed by atoms with E-state index in [1.54, 1.807) is 6.07 Å². The maximum absolute atomic E-state index is 12.6. The van der Waals surface area contributed by atoms with Gasteiger partial charge in [-0.1, -0.05) is 30.3 Å². The van der Waals surface area contributed by atoms with Crippen LogP contribution in [0.2, 0.25) is 0 Å². The summed E-state index contributed by atoms with van der Waals surface area (Å²) in [6.07, 6.45) is 1.57. The molecule has 0 unspecified atom stereocenters. The number of nitrogens with zero attached hydrogens (tertiary/aromatic N) is 3. The van der Waals surface area contributed by atoms with Crippen LogP contribution in [0.5, 0.6) is 0 Å². The SMILES string of the molecule is Cc1n[nH]c(C)c1CCc1cc(=O)n2nc(C)c(-c3ccccc3)c2[nH]1. The van der Waals surface area contributed by atoms with Crippen LogP contribution in [-0.2, 0) is 12.8 Å². The van der Waals surface area contributed by atoms with E-state index >= 15 is 0 Å². The number of benzene rings is 1. The molecule has 0 radical (unpaired) electrons. The van der Waals surface area contributed by atoms with Gasteiger partial charge in [0.2, 0.25) is 0 Å². The summed E-state index contributed by atoms with van der Waals surface area (Å²) >= 11 is 0. The molecule has 3 heterocycles. The van der Waals surface area contributed by atoms with Crippen molar-refractivity contribution in [1.29, 1.82) is 0 Å². The second-order valence-corrected chi connectivity index (χ2v) is 6.63. The number of hydrogen-bond donors (Lipinski definition) is 2. The monoisotopic (exact) mass is 347 g/mol. The molecule has 0 fully saturated rings. The Kier molecular flexibility index (Phi) is 3.95. The first kappa shape index (κ1) is 16.3. The van der Waals surface area contributed by atoms with E-state index in [9.17, 15) is 4.79 Å². The Hall–Kier alpha value is -3.15. The van der Waals surface area contributed by atoms with Crippen LogP contribution in [0.1, 0.15) is 28.3 Å². The molecule has 0 saturated carbocycles. The van der Waals surface area contributed by atoms with E-state index in [4.69, 9.17) is 0 Å². The van der Waals surface area contributed by atoms with E-state index < -0.39 is 0 Å². The summed E-state index contributed by atoms with van der Waals surface area (Å²) in [5.41, 5.74) is 7.69. The highest BCUT2D eigenvalue weighted by atomic mass is 16.1. The minimum atomic E-state index is -0.111.